The van der Waals surface area contributed by atoms with Crippen LogP contribution in [-0.2, 0) is 9.05 Å². The Hall–Kier alpha value is -0.810. The average Bonchev–Trinajstić information content (AvgIpc) is 2.39. The molecule has 0 aromatic carbocycles. The van der Waals surface area contributed by atoms with Crippen molar-refractivity contribution in [2.24, 2.45) is 0 Å². The van der Waals surface area contributed by atoms with Crippen LogP contribution in [-0.4, -0.2) is 18.2 Å². The number of nitrogens with zero attached hydrogens (tertiary/aromatic N) is 2. The first-order chi connectivity index (χ1) is 6.79. The summed E-state index contributed by atoms with van der Waals surface area (Å²) in [5.41, 5.74) is 0.950. The van der Waals surface area contributed by atoms with Crippen molar-refractivity contribution in [2.75, 3.05) is 0 Å². The van der Waals surface area contributed by atoms with Gasteiger partial charge in [0.05, 0.1) is 17.4 Å². The highest BCUT2D eigenvalue weighted by Crippen LogP contribution is 2.25. The van der Waals surface area contributed by atoms with Gasteiger partial charge < -0.3 is 0 Å². The molecule has 0 saturated heterocycles. The molecule has 0 spiro atoms. The Labute approximate surface area is 94.0 Å². The minimum absolute atomic E-state index is 0.0594. The van der Waals surface area contributed by atoms with Crippen LogP contribution in [0, 0.1) is 13.8 Å². The number of halogens is 1. The molecule has 0 bridgehead atoms. The van der Waals surface area contributed by atoms with Gasteiger partial charge in [0.1, 0.15) is 4.90 Å². The molecule has 0 aliphatic heterocycles. The third-order valence-electron chi connectivity index (χ3n) is 2.23. The van der Waals surface area contributed by atoms with Gasteiger partial charge in [-0.1, -0.05) is 6.08 Å². The highest BCUT2D eigenvalue weighted by atomic mass is 35.7. The third kappa shape index (κ3) is 2.23. The summed E-state index contributed by atoms with van der Waals surface area (Å²) in [5.74, 6) is 0. The molecular formula is C9H13ClN2O2S. The first kappa shape index (κ1) is 12.3. The largest absolute Gasteiger partial charge is 0.264 e. The maximum atomic E-state index is 11.3. The van der Waals surface area contributed by atoms with Crippen molar-refractivity contribution in [1.82, 2.24) is 9.78 Å². The fourth-order valence-electron chi connectivity index (χ4n) is 1.50. The van der Waals surface area contributed by atoms with Gasteiger partial charge in [0.25, 0.3) is 9.05 Å². The number of allylic oxidation sites excluding steroid dienone is 1. The van der Waals surface area contributed by atoms with E-state index >= 15 is 0 Å². The van der Waals surface area contributed by atoms with Crippen molar-refractivity contribution in [2.45, 2.75) is 31.7 Å². The second kappa shape index (κ2) is 3.98. The van der Waals surface area contributed by atoms with E-state index in [0.717, 1.165) is 0 Å². The van der Waals surface area contributed by atoms with Crippen molar-refractivity contribution in [3.63, 3.8) is 0 Å². The monoisotopic (exact) mass is 248 g/mol. The van der Waals surface area contributed by atoms with Crippen LogP contribution >= 0.6 is 10.7 Å². The number of hydrogen-bond acceptors (Lipinski definition) is 3. The summed E-state index contributed by atoms with van der Waals surface area (Å²) < 4.78 is 24.2. The van der Waals surface area contributed by atoms with E-state index in [-0.39, 0.29) is 10.9 Å². The maximum Gasteiger partial charge on any atom is 0.264 e. The summed E-state index contributed by atoms with van der Waals surface area (Å²) in [6.45, 7) is 8.80. The van der Waals surface area contributed by atoms with Gasteiger partial charge in [0.2, 0.25) is 0 Å². The first-order valence-electron chi connectivity index (χ1n) is 4.42. The van der Waals surface area contributed by atoms with Gasteiger partial charge in [0.15, 0.2) is 0 Å². The lowest BCUT2D eigenvalue weighted by Crippen LogP contribution is -2.06. The van der Waals surface area contributed by atoms with Crippen molar-refractivity contribution in [3.8, 4) is 0 Å². The second-order valence-electron chi connectivity index (χ2n) is 3.36. The predicted octanol–water partition coefficient (Wildman–Crippen LogP) is 2.17. The number of hydrogen-bond donors (Lipinski definition) is 0. The lowest BCUT2D eigenvalue weighted by Gasteiger charge is -2.08. The van der Waals surface area contributed by atoms with Gasteiger partial charge in [-0.2, -0.15) is 5.10 Å². The van der Waals surface area contributed by atoms with Crippen LogP contribution in [0.2, 0.25) is 0 Å². The van der Waals surface area contributed by atoms with E-state index in [0.29, 0.717) is 11.4 Å². The topological polar surface area (TPSA) is 52.0 Å². The number of aromatic nitrogens is 2. The number of aryl methyl sites for hydroxylation is 1. The standard InChI is InChI=1S/C9H13ClN2O2S/c1-5-6(2)12-8(4)9(7(3)11-12)15(10,13)14/h5-6H,1H2,2-4H3. The fourth-order valence-corrected chi connectivity index (χ4v) is 3.01. The van der Waals surface area contributed by atoms with Crippen molar-refractivity contribution >= 4 is 19.7 Å². The average molecular weight is 249 g/mol. The Morgan fingerprint density at radius 2 is 2.07 bits per heavy atom. The van der Waals surface area contributed by atoms with Gasteiger partial charge >= 0.3 is 0 Å². The van der Waals surface area contributed by atoms with Crippen LogP contribution in [0.4, 0.5) is 0 Å². The summed E-state index contributed by atoms with van der Waals surface area (Å²) in [6, 6.07) is -0.0594. The van der Waals surface area contributed by atoms with Gasteiger partial charge in [-0.3, -0.25) is 4.68 Å². The molecule has 4 nitrogen and oxygen atoms in total. The lowest BCUT2D eigenvalue weighted by molar-refractivity contribution is 0.560. The molecule has 1 unspecified atom stereocenters. The molecule has 84 valence electrons. The van der Waals surface area contributed by atoms with Crippen LogP contribution in [0.5, 0.6) is 0 Å². The number of rotatable bonds is 3. The van der Waals surface area contributed by atoms with E-state index < -0.39 is 9.05 Å². The molecule has 0 radical (unpaired) electrons. The predicted molar refractivity (Wildman–Crippen MR) is 59.6 cm³/mol. The summed E-state index contributed by atoms with van der Waals surface area (Å²) >= 11 is 0. The van der Waals surface area contributed by atoms with Gasteiger partial charge in [-0.25, -0.2) is 8.42 Å². The molecule has 0 amide bonds. The molecule has 6 heteroatoms. The van der Waals surface area contributed by atoms with Crippen LogP contribution in [0.1, 0.15) is 24.4 Å². The minimum atomic E-state index is -3.73. The Morgan fingerprint density at radius 1 is 1.53 bits per heavy atom. The summed E-state index contributed by atoms with van der Waals surface area (Å²) in [4.78, 5) is 0.0952. The van der Waals surface area contributed by atoms with Gasteiger partial charge in [-0.15, -0.1) is 6.58 Å². The zero-order valence-corrected chi connectivity index (χ0v) is 10.4. The van der Waals surface area contributed by atoms with E-state index in [4.69, 9.17) is 10.7 Å². The quantitative estimate of drug-likeness (QED) is 0.609. The zero-order valence-electron chi connectivity index (χ0n) is 8.86. The molecule has 0 aliphatic carbocycles. The second-order valence-corrected chi connectivity index (χ2v) is 5.86. The van der Waals surface area contributed by atoms with Crippen molar-refractivity contribution in [3.05, 3.63) is 24.0 Å². The van der Waals surface area contributed by atoms with Crippen LogP contribution in [0.3, 0.4) is 0 Å². The molecule has 1 aromatic heterocycles. The summed E-state index contributed by atoms with van der Waals surface area (Å²) in [6.07, 6.45) is 1.68. The highest BCUT2D eigenvalue weighted by molar-refractivity contribution is 8.13. The van der Waals surface area contributed by atoms with E-state index in [2.05, 4.69) is 11.7 Å². The van der Waals surface area contributed by atoms with E-state index in [1.165, 1.54) is 0 Å². The SMILES string of the molecule is C=CC(C)n1nc(C)c(S(=O)(=O)Cl)c1C. The molecule has 1 heterocycles. The van der Waals surface area contributed by atoms with E-state index in [1.54, 1.807) is 24.6 Å². The van der Waals surface area contributed by atoms with E-state index in [1.807, 2.05) is 6.92 Å². The normalized spacial score (nSPS) is 13.9. The first-order valence-corrected chi connectivity index (χ1v) is 6.73. The lowest BCUT2D eigenvalue weighted by atomic mass is 10.3. The Balaban J connectivity index is 3.46. The highest BCUT2D eigenvalue weighted by Gasteiger charge is 2.23. The van der Waals surface area contributed by atoms with Crippen molar-refractivity contribution < 1.29 is 8.42 Å². The fraction of sp³-hybridized carbons (Fsp3) is 0.444. The molecule has 0 fully saturated rings. The maximum absolute atomic E-state index is 11.3. The molecule has 0 N–H and O–H groups in total. The van der Waals surface area contributed by atoms with Crippen LogP contribution in [0.25, 0.3) is 0 Å². The Kier molecular flexibility index (Phi) is 3.25. The Morgan fingerprint density at radius 3 is 2.40 bits per heavy atom. The van der Waals surface area contributed by atoms with Crippen LogP contribution in [0.15, 0.2) is 17.6 Å². The summed E-state index contributed by atoms with van der Waals surface area (Å²) in [7, 11) is 1.59. The molecule has 0 aliphatic rings. The summed E-state index contributed by atoms with van der Waals surface area (Å²) in [5, 5.41) is 4.13. The molecular weight excluding hydrogens is 236 g/mol. The smallest absolute Gasteiger partial charge is 0.262 e. The Bertz CT molecular complexity index is 490. The molecule has 1 rings (SSSR count). The third-order valence-corrected chi connectivity index (χ3v) is 3.77. The molecule has 15 heavy (non-hydrogen) atoms. The zero-order chi connectivity index (χ0) is 11.8. The molecule has 0 saturated carbocycles. The van der Waals surface area contributed by atoms with Gasteiger partial charge in [0, 0.05) is 10.7 Å². The van der Waals surface area contributed by atoms with Crippen molar-refractivity contribution in [1.29, 1.82) is 0 Å². The minimum Gasteiger partial charge on any atom is -0.262 e. The van der Waals surface area contributed by atoms with E-state index in [9.17, 15) is 8.42 Å². The molecule has 1 atom stereocenters. The van der Waals surface area contributed by atoms with Crippen LogP contribution < -0.4 is 0 Å². The van der Waals surface area contributed by atoms with Gasteiger partial charge in [-0.05, 0) is 20.8 Å². The molecule has 1 aromatic rings.